The van der Waals surface area contributed by atoms with E-state index in [-0.39, 0.29) is 17.3 Å². The summed E-state index contributed by atoms with van der Waals surface area (Å²) in [6, 6.07) is 7.73. The number of amides is 2. The van der Waals surface area contributed by atoms with E-state index in [0.717, 1.165) is 23.0 Å². The van der Waals surface area contributed by atoms with Crippen LogP contribution in [0.25, 0.3) is 5.69 Å². The van der Waals surface area contributed by atoms with Gasteiger partial charge in [0.1, 0.15) is 11.6 Å². The molecule has 216 valence electrons. The maximum absolute atomic E-state index is 13.6. The van der Waals surface area contributed by atoms with Gasteiger partial charge >= 0.3 is 12.1 Å². The fourth-order valence-electron chi connectivity index (χ4n) is 5.26. The SMILES string of the molecule is O=C(Nc1ccc(N2CCN(C(=O)[C@H]3CCC[C@@H]3C(=O)O)CC2)nc1)c1cn(-c2ccc(F)cc2)nc1C(F)(F)F. The van der Waals surface area contributed by atoms with Gasteiger partial charge in [-0.25, -0.2) is 14.1 Å². The van der Waals surface area contributed by atoms with Crippen molar-refractivity contribution in [1.29, 1.82) is 0 Å². The van der Waals surface area contributed by atoms with Crippen molar-refractivity contribution in [2.24, 2.45) is 11.8 Å². The van der Waals surface area contributed by atoms with Crippen molar-refractivity contribution < 1.29 is 37.1 Å². The number of anilines is 2. The van der Waals surface area contributed by atoms with Gasteiger partial charge in [-0.15, -0.1) is 0 Å². The molecule has 0 spiro atoms. The van der Waals surface area contributed by atoms with Crippen LogP contribution in [0.4, 0.5) is 29.1 Å². The van der Waals surface area contributed by atoms with E-state index in [4.69, 9.17) is 0 Å². The first-order valence-electron chi connectivity index (χ1n) is 13.0. The first kappa shape index (κ1) is 28.1. The summed E-state index contributed by atoms with van der Waals surface area (Å²) in [7, 11) is 0. The molecule has 1 saturated carbocycles. The molecular formula is C27H26F4N6O4. The molecule has 1 aromatic carbocycles. The van der Waals surface area contributed by atoms with Crippen LogP contribution >= 0.6 is 0 Å². The topological polar surface area (TPSA) is 121 Å². The van der Waals surface area contributed by atoms with Crippen LogP contribution in [-0.2, 0) is 15.8 Å². The van der Waals surface area contributed by atoms with Gasteiger partial charge in [-0.1, -0.05) is 6.42 Å². The molecule has 2 aromatic heterocycles. The van der Waals surface area contributed by atoms with Gasteiger partial charge in [-0.2, -0.15) is 18.3 Å². The molecule has 3 heterocycles. The van der Waals surface area contributed by atoms with Crippen molar-refractivity contribution in [3.8, 4) is 5.69 Å². The minimum atomic E-state index is -4.91. The average molecular weight is 575 g/mol. The lowest BCUT2D eigenvalue weighted by Crippen LogP contribution is -2.51. The van der Waals surface area contributed by atoms with E-state index >= 15 is 0 Å². The summed E-state index contributed by atoms with van der Waals surface area (Å²) in [6.07, 6.45) is -0.865. The van der Waals surface area contributed by atoms with Crippen molar-refractivity contribution in [2.75, 3.05) is 36.4 Å². The van der Waals surface area contributed by atoms with Crippen LogP contribution in [0.3, 0.4) is 0 Å². The Morgan fingerprint density at radius 3 is 2.24 bits per heavy atom. The van der Waals surface area contributed by atoms with Gasteiger partial charge in [0.15, 0.2) is 5.69 Å². The standard InChI is InChI=1S/C27H26F4N6O4/c28-16-4-7-18(8-5-16)37-15-21(23(34-37)27(29,30)31)24(38)33-17-6-9-22(32-14-17)35-10-12-36(13-11-35)25(39)19-2-1-3-20(19)26(40)41/h4-9,14-15,19-20H,1-3,10-13H2,(H,33,38)(H,40,41)/t19-,20-/m0/s1. The zero-order valence-corrected chi connectivity index (χ0v) is 21.6. The molecule has 0 bridgehead atoms. The molecule has 2 N–H and O–H groups in total. The number of carbonyl (C=O) groups is 3. The summed E-state index contributed by atoms with van der Waals surface area (Å²) in [5.74, 6) is -3.28. The molecule has 1 aliphatic carbocycles. The molecule has 10 nitrogen and oxygen atoms in total. The fourth-order valence-corrected chi connectivity index (χ4v) is 5.26. The predicted octanol–water partition coefficient (Wildman–Crippen LogP) is 3.83. The lowest BCUT2D eigenvalue weighted by Gasteiger charge is -2.37. The second kappa shape index (κ2) is 11.2. The largest absolute Gasteiger partial charge is 0.481 e. The summed E-state index contributed by atoms with van der Waals surface area (Å²) < 4.78 is 55.0. The molecule has 1 aliphatic heterocycles. The zero-order valence-electron chi connectivity index (χ0n) is 21.6. The molecular weight excluding hydrogens is 548 g/mol. The maximum atomic E-state index is 13.6. The Morgan fingerprint density at radius 2 is 1.63 bits per heavy atom. The van der Waals surface area contributed by atoms with Crippen molar-refractivity contribution in [1.82, 2.24) is 19.7 Å². The number of aliphatic carboxylic acids is 1. The smallest absolute Gasteiger partial charge is 0.435 e. The lowest BCUT2D eigenvalue weighted by molar-refractivity contribution is -0.149. The molecule has 3 aromatic rings. The number of hydrogen-bond donors (Lipinski definition) is 2. The number of nitrogens with zero attached hydrogens (tertiary/aromatic N) is 5. The van der Waals surface area contributed by atoms with Crippen LogP contribution in [0.2, 0.25) is 0 Å². The molecule has 5 rings (SSSR count). The predicted molar refractivity (Wildman–Crippen MR) is 138 cm³/mol. The van der Waals surface area contributed by atoms with E-state index in [1.165, 1.54) is 24.4 Å². The van der Waals surface area contributed by atoms with Crippen LogP contribution in [0.15, 0.2) is 48.8 Å². The average Bonchev–Trinajstić information content (AvgIpc) is 3.62. The van der Waals surface area contributed by atoms with E-state index in [2.05, 4.69) is 15.4 Å². The molecule has 14 heteroatoms. The highest BCUT2D eigenvalue weighted by atomic mass is 19.4. The Kier molecular flexibility index (Phi) is 7.65. The summed E-state index contributed by atoms with van der Waals surface area (Å²) in [4.78, 5) is 45.1. The van der Waals surface area contributed by atoms with Gasteiger partial charge in [-0.05, 0) is 49.2 Å². The first-order chi connectivity index (χ1) is 19.5. The Labute approximate surface area is 231 Å². The summed E-state index contributed by atoms with van der Waals surface area (Å²) in [6.45, 7) is 1.74. The summed E-state index contributed by atoms with van der Waals surface area (Å²) in [5.41, 5.74) is -1.78. The van der Waals surface area contributed by atoms with E-state index in [0.29, 0.717) is 51.3 Å². The van der Waals surface area contributed by atoms with Crippen LogP contribution in [0.1, 0.15) is 35.3 Å². The number of pyridine rings is 1. The number of carboxylic acids is 1. The van der Waals surface area contributed by atoms with E-state index in [1.54, 1.807) is 11.0 Å². The molecule has 2 fully saturated rings. The Balaban J connectivity index is 1.22. The van der Waals surface area contributed by atoms with Crippen molar-refractivity contribution >= 4 is 29.3 Å². The third-order valence-corrected chi connectivity index (χ3v) is 7.39. The Hall–Kier alpha value is -4.49. The van der Waals surface area contributed by atoms with Crippen molar-refractivity contribution in [2.45, 2.75) is 25.4 Å². The number of halogens is 4. The Morgan fingerprint density at radius 1 is 0.951 bits per heavy atom. The van der Waals surface area contributed by atoms with Gasteiger partial charge in [0.05, 0.1) is 35.0 Å². The quantitative estimate of drug-likeness (QED) is 0.430. The second-order valence-corrected chi connectivity index (χ2v) is 9.96. The van der Waals surface area contributed by atoms with Crippen LogP contribution in [0.5, 0.6) is 0 Å². The molecule has 0 unspecified atom stereocenters. The number of carbonyl (C=O) groups excluding carboxylic acids is 2. The number of alkyl halides is 3. The zero-order chi connectivity index (χ0) is 29.3. The minimum Gasteiger partial charge on any atom is -0.481 e. The highest BCUT2D eigenvalue weighted by Crippen LogP contribution is 2.34. The summed E-state index contributed by atoms with van der Waals surface area (Å²) in [5, 5.41) is 15.3. The van der Waals surface area contributed by atoms with E-state index < -0.39 is 47.0 Å². The van der Waals surface area contributed by atoms with Crippen LogP contribution in [-0.4, -0.2) is 68.7 Å². The first-order valence-corrected chi connectivity index (χ1v) is 13.0. The van der Waals surface area contributed by atoms with E-state index in [9.17, 15) is 37.1 Å². The van der Waals surface area contributed by atoms with Crippen molar-refractivity contribution in [3.63, 3.8) is 0 Å². The number of aromatic nitrogens is 3. The number of piperazine rings is 1. The Bertz CT molecular complexity index is 1430. The normalized spacial score (nSPS) is 19.3. The highest BCUT2D eigenvalue weighted by Gasteiger charge is 2.41. The second-order valence-electron chi connectivity index (χ2n) is 9.96. The van der Waals surface area contributed by atoms with E-state index in [1.807, 2.05) is 4.90 Å². The molecule has 0 radical (unpaired) electrons. The maximum Gasteiger partial charge on any atom is 0.435 e. The van der Waals surface area contributed by atoms with Crippen LogP contribution in [0, 0.1) is 17.7 Å². The lowest BCUT2D eigenvalue weighted by atomic mass is 9.94. The van der Waals surface area contributed by atoms with Gasteiger partial charge < -0.3 is 20.2 Å². The number of carboxylic acid groups (broad SMARTS) is 1. The minimum absolute atomic E-state index is 0.137. The molecule has 41 heavy (non-hydrogen) atoms. The number of hydrogen-bond acceptors (Lipinski definition) is 6. The van der Waals surface area contributed by atoms with Crippen LogP contribution < -0.4 is 10.2 Å². The fraction of sp³-hybridized carbons (Fsp3) is 0.370. The third kappa shape index (κ3) is 6.00. The molecule has 1 saturated heterocycles. The monoisotopic (exact) mass is 574 g/mol. The number of nitrogens with one attached hydrogen (secondary N) is 1. The third-order valence-electron chi connectivity index (χ3n) is 7.39. The molecule has 2 atom stereocenters. The van der Waals surface area contributed by atoms with Gasteiger partial charge in [0.2, 0.25) is 5.91 Å². The molecule has 2 aliphatic rings. The molecule has 2 amide bonds. The van der Waals surface area contributed by atoms with Crippen molar-refractivity contribution in [3.05, 3.63) is 65.9 Å². The van der Waals surface area contributed by atoms with Gasteiger partial charge in [0.25, 0.3) is 5.91 Å². The van der Waals surface area contributed by atoms with Gasteiger partial charge in [0, 0.05) is 32.4 Å². The highest BCUT2D eigenvalue weighted by molar-refractivity contribution is 6.05. The summed E-state index contributed by atoms with van der Waals surface area (Å²) >= 11 is 0. The number of rotatable bonds is 6. The number of benzene rings is 1. The van der Waals surface area contributed by atoms with Gasteiger partial charge in [-0.3, -0.25) is 14.4 Å².